The average molecular weight is 339 g/mol. The van der Waals surface area contributed by atoms with Crippen LogP contribution in [-0.4, -0.2) is 0 Å². The van der Waals surface area contributed by atoms with Crippen molar-refractivity contribution in [3.8, 4) is 11.3 Å². The molecule has 0 fully saturated rings. The third-order valence-electron chi connectivity index (χ3n) is 4.36. The Labute approximate surface area is 143 Å². The van der Waals surface area contributed by atoms with Crippen LogP contribution in [0.1, 0.15) is 18.1 Å². The predicted octanol–water partition coefficient (Wildman–Crippen LogP) is 5.73. The van der Waals surface area contributed by atoms with Crippen LogP contribution in [0.25, 0.3) is 33.3 Å². The van der Waals surface area contributed by atoms with Gasteiger partial charge in [0.25, 0.3) is 0 Å². The van der Waals surface area contributed by atoms with Gasteiger partial charge in [0.2, 0.25) is 0 Å². The molecule has 0 aliphatic rings. The van der Waals surface area contributed by atoms with Gasteiger partial charge in [-0.2, -0.15) is 0 Å². The van der Waals surface area contributed by atoms with Crippen molar-refractivity contribution in [1.82, 2.24) is 0 Å². The number of halogens is 1. The van der Waals surface area contributed by atoms with E-state index in [0.29, 0.717) is 16.4 Å². The van der Waals surface area contributed by atoms with Gasteiger partial charge in [-0.25, -0.2) is 4.79 Å². The van der Waals surface area contributed by atoms with Crippen LogP contribution in [0.5, 0.6) is 0 Å². The lowest BCUT2D eigenvalue weighted by molar-refractivity contribution is 0.559. The molecule has 0 saturated heterocycles. The molecule has 4 aromatic rings. The van der Waals surface area contributed by atoms with Crippen molar-refractivity contribution >= 4 is 33.5 Å². The molecule has 0 N–H and O–H groups in total. The van der Waals surface area contributed by atoms with E-state index in [9.17, 15) is 4.79 Å². The van der Waals surface area contributed by atoms with E-state index in [4.69, 9.17) is 20.4 Å². The van der Waals surface area contributed by atoms with E-state index in [1.54, 1.807) is 6.07 Å². The standard InChI is InChI=1S/C20H15ClO3/c1-3-12-4-6-18-15(8-12)16(10-19(22)23-18)20-11(2)14-9-13(21)5-7-17(14)24-20/h4-10H,3H2,1-2H3. The van der Waals surface area contributed by atoms with Gasteiger partial charge in [-0.05, 0) is 49.2 Å². The smallest absolute Gasteiger partial charge is 0.336 e. The molecular weight excluding hydrogens is 324 g/mol. The normalized spacial score (nSPS) is 11.5. The van der Waals surface area contributed by atoms with Crippen molar-refractivity contribution in [3.05, 3.63) is 69.0 Å². The van der Waals surface area contributed by atoms with E-state index in [1.165, 1.54) is 11.6 Å². The number of furan rings is 1. The van der Waals surface area contributed by atoms with E-state index in [2.05, 4.69) is 6.92 Å². The second-order valence-electron chi connectivity index (χ2n) is 5.86. The maximum atomic E-state index is 12.0. The lowest BCUT2D eigenvalue weighted by Crippen LogP contribution is -1.98. The van der Waals surface area contributed by atoms with Crippen molar-refractivity contribution in [2.24, 2.45) is 0 Å². The first-order chi connectivity index (χ1) is 11.6. The Morgan fingerprint density at radius 2 is 1.71 bits per heavy atom. The van der Waals surface area contributed by atoms with Crippen molar-refractivity contribution < 1.29 is 8.83 Å². The Morgan fingerprint density at radius 3 is 2.50 bits per heavy atom. The minimum Gasteiger partial charge on any atom is -0.456 e. The van der Waals surface area contributed by atoms with Gasteiger partial charge in [0, 0.05) is 33.0 Å². The maximum absolute atomic E-state index is 12.0. The summed E-state index contributed by atoms with van der Waals surface area (Å²) >= 11 is 6.10. The molecule has 0 amide bonds. The number of fused-ring (bicyclic) bond motifs is 2. The van der Waals surface area contributed by atoms with Crippen LogP contribution in [0.3, 0.4) is 0 Å². The fraction of sp³-hybridized carbons (Fsp3) is 0.150. The zero-order chi connectivity index (χ0) is 16.8. The van der Waals surface area contributed by atoms with Gasteiger partial charge in [-0.1, -0.05) is 24.6 Å². The Bertz CT molecular complexity index is 1130. The van der Waals surface area contributed by atoms with Gasteiger partial charge >= 0.3 is 5.63 Å². The second-order valence-corrected chi connectivity index (χ2v) is 6.30. The zero-order valence-electron chi connectivity index (χ0n) is 13.4. The Hall–Kier alpha value is -2.52. The Balaban J connectivity index is 2.09. The summed E-state index contributed by atoms with van der Waals surface area (Å²) in [7, 11) is 0. The van der Waals surface area contributed by atoms with Crippen molar-refractivity contribution in [2.45, 2.75) is 20.3 Å². The first-order valence-electron chi connectivity index (χ1n) is 7.82. The summed E-state index contributed by atoms with van der Waals surface area (Å²) in [5.41, 5.74) is 3.81. The van der Waals surface area contributed by atoms with Crippen molar-refractivity contribution in [1.29, 1.82) is 0 Å². The lowest BCUT2D eigenvalue weighted by Gasteiger charge is -2.06. The van der Waals surface area contributed by atoms with Crippen LogP contribution in [-0.2, 0) is 6.42 Å². The predicted molar refractivity (Wildman–Crippen MR) is 96.8 cm³/mol. The van der Waals surface area contributed by atoms with Crippen LogP contribution in [0, 0.1) is 6.92 Å². The van der Waals surface area contributed by atoms with Crippen LogP contribution in [0.2, 0.25) is 5.02 Å². The van der Waals surface area contributed by atoms with Gasteiger partial charge in [0.05, 0.1) is 0 Å². The van der Waals surface area contributed by atoms with Crippen molar-refractivity contribution in [3.63, 3.8) is 0 Å². The highest BCUT2D eigenvalue weighted by atomic mass is 35.5. The minimum absolute atomic E-state index is 0.389. The highest BCUT2D eigenvalue weighted by Crippen LogP contribution is 2.37. The van der Waals surface area contributed by atoms with E-state index in [0.717, 1.165) is 33.9 Å². The van der Waals surface area contributed by atoms with E-state index in [1.807, 2.05) is 37.3 Å². The fourth-order valence-electron chi connectivity index (χ4n) is 3.07. The minimum atomic E-state index is -0.389. The van der Waals surface area contributed by atoms with E-state index in [-0.39, 0.29) is 5.63 Å². The number of rotatable bonds is 2. The molecule has 0 radical (unpaired) electrons. The molecule has 0 bridgehead atoms. The van der Waals surface area contributed by atoms with Crippen LogP contribution in [0.15, 0.2) is 56.1 Å². The molecule has 0 atom stereocenters. The molecule has 4 heteroatoms. The molecule has 0 aliphatic carbocycles. The van der Waals surface area contributed by atoms with Crippen molar-refractivity contribution in [2.75, 3.05) is 0 Å². The Kier molecular flexibility index (Phi) is 3.47. The van der Waals surface area contributed by atoms with Crippen LogP contribution in [0.4, 0.5) is 0 Å². The Morgan fingerprint density at radius 1 is 0.958 bits per heavy atom. The topological polar surface area (TPSA) is 43.4 Å². The summed E-state index contributed by atoms with van der Waals surface area (Å²) in [4.78, 5) is 12.0. The summed E-state index contributed by atoms with van der Waals surface area (Å²) in [6.07, 6.45) is 0.906. The van der Waals surface area contributed by atoms with Gasteiger partial charge in [0.15, 0.2) is 0 Å². The number of hydrogen-bond acceptors (Lipinski definition) is 3. The third kappa shape index (κ3) is 2.33. The summed E-state index contributed by atoms with van der Waals surface area (Å²) in [5, 5.41) is 2.48. The SMILES string of the molecule is CCc1ccc2oc(=O)cc(-c3oc4ccc(Cl)cc4c3C)c2c1. The van der Waals surface area contributed by atoms with E-state index >= 15 is 0 Å². The van der Waals surface area contributed by atoms with Gasteiger partial charge in [-0.3, -0.25) is 0 Å². The summed E-state index contributed by atoms with van der Waals surface area (Å²) in [5.74, 6) is 0.679. The highest BCUT2D eigenvalue weighted by molar-refractivity contribution is 6.31. The lowest BCUT2D eigenvalue weighted by atomic mass is 10.0. The largest absolute Gasteiger partial charge is 0.456 e. The second kappa shape index (κ2) is 5.53. The monoisotopic (exact) mass is 338 g/mol. The van der Waals surface area contributed by atoms with Gasteiger partial charge in [0.1, 0.15) is 16.9 Å². The fourth-order valence-corrected chi connectivity index (χ4v) is 3.24. The van der Waals surface area contributed by atoms with Crippen LogP contribution < -0.4 is 5.63 Å². The number of aryl methyl sites for hydroxylation is 2. The molecule has 4 rings (SSSR count). The molecule has 120 valence electrons. The maximum Gasteiger partial charge on any atom is 0.336 e. The molecule has 2 aromatic heterocycles. The first kappa shape index (κ1) is 15.0. The van der Waals surface area contributed by atoms with E-state index < -0.39 is 0 Å². The number of hydrogen-bond donors (Lipinski definition) is 0. The summed E-state index contributed by atoms with van der Waals surface area (Å²) < 4.78 is 11.4. The van der Waals surface area contributed by atoms with Crippen LogP contribution >= 0.6 is 11.6 Å². The third-order valence-corrected chi connectivity index (χ3v) is 4.59. The quantitative estimate of drug-likeness (QED) is 0.438. The molecule has 2 heterocycles. The highest BCUT2D eigenvalue weighted by Gasteiger charge is 2.17. The van der Waals surface area contributed by atoms with Gasteiger partial charge < -0.3 is 8.83 Å². The molecule has 0 unspecified atom stereocenters. The molecule has 2 aromatic carbocycles. The number of benzene rings is 2. The molecule has 24 heavy (non-hydrogen) atoms. The molecule has 0 saturated carbocycles. The zero-order valence-corrected chi connectivity index (χ0v) is 14.1. The first-order valence-corrected chi connectivity index (χ1v) is 8.20. The summed E-state index contributed by atoms with van der Waals surface area (Å²) in [6.45, 7) is 4.07. The molecule has 0 spiro atoms. The average Bonchev–Trinajstić information content (AvgIpc) is 2.90. The molecular formula is C20H15ClO3. The summed E-state index contributed by atoms with van der Waals surface area (Å²) in [6, 6.07) is 12.9. The van der Waals surface area contributed by atoms with Gasteiger partial charge in [-0.15, -0.1) is 0 Å². The molecule has 3 nitrogen and oxygen atoms in total. The molecule has 0 aliphatic heterocycles.